The van der Waals surface area contributed by atoms with E-state index in [1.165, 1.54) is 12.1 Å². The first kappa shape index (κ1) is 15.6. The Morgan fingerprint density at radius 1 is 1.14 bits per heavy atom. The van der Waals surface area contributed by atoms with Crippen LogP contribution in [0.15, 0.2) is 36.8 Å². The summed E-state index contributed by atoms with van der Waals surface area (Å²) in [6, 6.07) is 5.21. The molecule has 21 heavy (non-hydrogen) atoms. The van der Waals surface area contributed by atoms with Gasteiger partial charge in [-0.3, -0.25) is 0 Å². The maximum atomic E-state index is 12.5. The zero-order chi connectivity index (χ0) is 15.7. The third-order valence-corrected chi connectivity index (χ3v) is 3.61. The monoisotopic (exact) mass is 297 g/mol. The number of alkyl halides is 3. The van der Waals surface area contributed by atoms with Gasteiger partial charge in [-0.2, -0.15) is 13.2 Å². The number of hydrogen-bond acceptors (Lipinski definition) is 2. The molecule has 0 atom stereocenters. The predicted octanol–water partition coefficient (Wildman–Crippen LogP) is 3.40. The van der Waals surface area contributed by atoms with Gasteiger partial charge in [-0.25, -0.2) is 4.98 Å². The molecule has 0 fully saturated rings. The van der Waals surface area contributed by atoms with E-state index in [0.29, 0.717) is 6.54 Å². The van der Waals surface area contributed by atoms with E-state index in [2.05, 4.69) is 10.3 Å². The van der Waals surface area contributed by atoms with Gasteiger partial charge in [0, 0.05) is 6.54 Å². The molecule has 6 heteroatoms. The van der Waals surface area contributed by atoms with Crippen LogP contribution >= 0.6 is 0 Å². The van der Waals surface area contributed by atoms with Crippen LogP contribution in [0.1, 0.15) is 30.7 Å². The second-order valence-corrected chi connectivity index (χ2v) is 5.48. The van der Waals surface area contributed by atoms with Crippen molar-refractivity contribution in [3.05, 3.63) is 53.6 Å². The topological polar surface area (TPSA) is 29.9 Å². The molecule has 0 saturated carbocycles. The minimum Gasteiger partial charge on any atom is -0.328 e. The first-order valence-corrected chi connectivity index (χ1v) is 6.59. The van der Waals surface area contributed by atoms with Gasteiger partial charge in [0.05, 0.1) is 29.3 Å². The van der Waals surface area contributed by atoms with Crippen LogP contribution < -0.4 is 5.32 Å². The van der Waals surface area contributed by atoms with E-state index in [4.69, 9.17) is 0 Å². The summed E-state index contributed by atoms with van der Waals surface area (Å²) in [5.41, 5.74) is 0.884. The molecule has 0 aliphatic rings. The van der Waals surface area contributed by atoms with Crippen LogP contribution in [-0.2, 0) is 18.3 Å². The summed E-state index contributed by atoms with van der Waals surface area (Å²) in [7, 11) is 1.86. The third-order valence-electron chi connectivity index (χ3n) is 3.61. The lowest BCUT2D eigenvalue weighted by atomic mass is 10.0. The van der Waals surface area contributed by atoms with E-state index in [1.807, 2.05) is 25.5 Å². The molecule has 0 aliphatic heterocycles. The van der Waals surface area contributed by atoms with E-state index < -0.39 is 11.7 Å². The summed E-state index contributed by atoms with van der Waals surface area (Å²) < 4.78 is 39.5. The molecular formula is C15H18F3N3. The molecule has 3 nitrogen and oxygen atoms in total. The zero-order valence-electron chi connectivity index (χ0n) is 12.2. The highest BCUT2D eigenvalue weighted by Gasteiger charge is 2.30. The van der Waals surface area contributed by atoms with Gasteiger partial charge in [-0.05, 0) is 38.6 Å². The van der Waals surface area contributed by atoms with Crippen molar-refractivity contribution < 1.29 is 13.2 Å². The van der Waals surface area contributed by atoms with E-state index >= 15 is 0 Å². The van der Waals surface area contributed by atoms with Gasteiger partial charge in [0.15, 0.2) is 0 Å². The standard InChI is InChI=1S/C15H18F3N3/c1-14(2,19-3)13-8-20-10-21(13)9-11-4-6-12(7-5-11)15(16,17)18/h4-8,10,19H,9H2,1-3H3. The number of benzene rings is 1. The molecule has 1 aromatic heterocycles. The van der Waals surface area contributed by atoms with Crippen LogP contribution in [0, 0.1) is 0 Å². The maximum absolute atomic E-state index is 12.5. The summed E-state index contributed by atoms with van der Waals surface area (Å²) in [5.74, 6) is 0. The second-order valence-electron chi connectivity index (χ2n) is 5.48. The fraction of sp³-hybridized carbons (Fsp3) is 0.400. The molecule has 1 heterocycles. The Labute approximate surface area is 121 Å². The van der Waals surface area contributed by atoms with Crippen molar-refractivity contribution >= 4 is 0 Å². The van der Waals surface area contributed by atoms with Crippen LogP contribution in [0.3, 0.4) is 0 Å². The van der Waals surface area contributed by atoms with Crippen LogP contribution in [-0.4, -0.2) is 16.6 Å². The second kappa shape index (κ2) is 5.52. The molecule has 0 spiro atoms. The van der Waals surface area contributed by atoms with Crippen LogP contribution in [0.25, 0.3) is 0 Å². The van der Waals surface area contributed by atoms with Crippen LogP contribution in [0.2, 0.25) is 0 Å². The summed E-state index contributed by atoms with van der Waals surface area (Å²) in [5, 5.41) is 3.19. The fourth-order valence-electron chi connectivity index (χ4n) is 2.09. The number of aromatic nitrogens is 2. The molecule has 0 unspecified atom stereocenters. The third kappa shape index (κ3) is 3.44. The number of halogens is 3. The Bertz CT molecular complexity index is 597. The Morgan fingerprint density at radius 2 is 1.76 bits per heavy atom. The minimum atomic E-state index is -4.30. The number of imidazole rings is 1. The average molecular weight is 297 g/mol. The van der Waals surface area contributed by atoms with Gasteiger partial charge < -0.3 is 9.88 Å². The predicted molar refractivity (Wildman–Crippen MR) is 74.9 cm³/mol. The highest BCUT2D eigenvalue weighted by molar-refractivity contribution is 5.25. The lowest BCUT2D eigenvalue weighted by molar-refractivity contribution is -0.137. The van der Waals surface area contributed by atoms with Crippen molar-refractivity contribution in [2.24, 2.45) is 0 Å². The number of nitrogens with zero attached hydrogens (tertiary/aromatic N) is 2. The Morgan fingerprint density at radius 3 is 2.29 bits per heavy atom. The molecule has 0 amide bonds. The van der Waals surface area contributed by atoms with E-state index in [9.17, 15) is 13.2 Å². The molecule has 1 N–H and O–H groups in total. The van der Waals surface area contributed by atoms with Gasteiger partial charge in [0.1, 0.15) is 0 Å². The van der Waals surface area contributed by atoms with Crippen molar-refractivity contribution in [2.45, 2.75) is 32.1 Å². The smallest absolute Gasteiger partial charge is 0.328 e. The van der Waals surface area contributed by atoms with E-state index in [0.717, 1.165) is 23.4 Å². The first-order chi connectivity index (χ1) is 9.74. The van der Waals surface area contributed by atoms with Gasteiger partial charge in [0.2, 0.25) is 0 Å². The Hall–Kier alpha value is -1.82. The highest BCUT2D eigenvalue weighted by atomic mass is 19.4. The molecule has 0 radical (unpaired) electrons. The molecule has 1 aromatic carbocycles. The van der Waals surface area contributed by atoms with Crippen molar-refractivity contribution in [3.63, 3.8) is 0 Å². The van der Waals surface area contributed by atoms with E-state index in [-0.39, 0.29) is 5.54 Å². The maximum Gasteiger partial charge on any atom is 0.416 e. The molecule has 0 aliphatic carbocycles. The van der Waals surface area contributed by atoms with Crippen LogP contribution in [0.4, 0.5) is 13.2 Å². The van der Waals surface area contributed by atoms with Gasteiger partial charge in [0.25, 0.3) is 0 Å². The normalized spacial score (nSPS) is 12.7. The average Bonchev–Trinajstić information content (AvgIpc) is 2.87. The first-order valence-electron chi connectivity index (χ1n) is 6.59. The van der Waals surface area contributed by atoms with Crippen molar-refractivity contribution in [2.75, 3.05) is 7.05 Å². The molecule has 2 aromatic rings. The zero-order valence-corrected chi connectivity index (χ0v) is 12.2. The highest BCUT2D eigenvalue weighted by Crippen LogP contribution is 2.29. The lowest BCUT2D eigenvalue weighted by Gasteiger charge is -2.25. The van der Waals surface area contributed by atoms with Crippen LogP contribution in [0.5, 0.6) is 0 Å². The van der Waals surface area contributed by atoms with Crippen molar-refractivity contribution in [1.82, 2.24) is 14.9 Å². The minimum absolute atomic E-state index is 0.261. The summed E-state index contributed by atoms with van der Waals surface area (Å²) in [6.07, 6.45) is -0.848. The van der Waals surface area contributed by atoms with Gasteiger partial charge >= 0.3 is 6.18 Å². The Balaban J connectivity index is 2.22. The summed E-state index contributed by atoms with van der Waals surface area (Å²) in [6.45, 7) is 4.53. The number of hydrogen-bond donors (Lipinski definition) is 1. The van der Waals surface area contributed by atoms with Crippen molar-refractivity contribution in [3.8, 4) is 0 Å². The number of rotatable bonds is 4. The summed E-state index contributed by atoms with van der Waals surface area (Å²) >= 11 is 0. The van der Waals surface area contributed by atoms with Gasteiger partial charge in [-0.1, -0.05) is 12.1 Å². The lowest BCUT2D eigenvalue weighted by Crippen LogP contribution is -2.35. The summed E-state index contributed by atoms with van der Waals surface area (Å²) in [4.78, 5) is 4.13. The molecule has 0 saturated heterocycles. The molecule has 114 valence electrons. The number of nitrogens with one attached hydrogen (secondary N) is 1. The molecular weight excluding hydrogens is 279 g/mol. The SMILES string of the molecule is CNC(C)(C)c1cncn1Cc1ccc(C(F)(F)F)cc1. The van der Waals surface area contributed by atoms with Gasteiger partial charge in [-0.15, -0.1) is 0 Å². The quantitative estimate of drug-likeness (QED) is 0.937. The fourth-order valence-corrected chi connectivity index (χ4v) is 2.09. The van der Waals surface area contributed by atoms with Crippen molar-refractivity contribution in [1.29, 1.82) is 0 Å². The molecule has 2 rings (SSSR count). The Kier molecular flexibility index (Phi) is 4.09. The molecule has 0 bridgehead atoms. The largest absolute Gasteiger partial charge is 0.416 e. The van der Waals surface area contributed by atoms with E-state index in [1.54, 1.807) is 12.5 Å².